The number of amides is 1. The number of ether oxygens (including phenoxy) is 1. The van der Waals surface area contributed by atoms with Crippen molar-refractivity contribution in [1.29, 1.82) is 5.26 Å². The predicted molar refractivity (Wildman–Crippen MR) is 123 cm³/mol. The number of hydrogen-bond donors (Lipinski definition) is 1. The predicted octanol–water partition coefficient (Wildman–Crippen LogP) is 3.99. The minimum Gasteiger partial charge on any atom is -0.445 e. The van der Waals surface area contributed by atoms with Gasteiger partial charge in [-0.3, -0.25) is 9.69 Å². The minimum absolute atomic E-state index is 0.0626. The number of pyridine rings is 1. The Morgan fingerprint density at radius 2 is 1.97 bits per heavy atom. The van der Waals surface area contributed by atoms with Gasteiger partial charge < -0.3 is 9.72 Å². The molecule has 1 atom stereocenters. The van der Waals surface area contributed by atoms with Crippen LogP contribution in [0.5, 0.6) is 0 Å². The second kappa shape index (κ2) is 9.10. The van der Waals surface area contributed by atoms with Gasteiger partial charge in [0.15, 0.2) is 0 Å². The number of H-pyrrole nitrogens is 1. The molecule has 1 aliphatic heterocycles. The zero-order valence-electron chi connectivity index (χ0n) is 18.5. The van der Waals surface area contributed by atoms with Crippen molar-refractivity contribution in [3.63, 3.8) is 0 Å². The Kier molecular flexibility index (Phi) is 5.86. The smallest absolute Gasteiger partial charge is 0.410 e. The first kappa shape index (κ1) is 21.3. The molecule has 0 bridgehead atoms. The van der Waals surface area contributed by atoms with Gasteiger partial charge in [0.2, 0.25) is 0 Å². The molecule has 0 saturated carbocycles. The van der Waals surface area contributed by atoms with Crippen LogP contribution >= 0.6 is 0 Å². The number of aromatic nitrogens is 3. The average Bonchev–Trinajstić information content (AvgIpc) is 3.47. The van der Waals surface area contributed by atoms with Crippen LogP contribution in [-0.4, -0.2) is 32.3 Å². The first-order valence-corrected chi connectivity index (χ1v) is 11.7. The van der Waals surface area contributed by atoms with Gasteiger partial charge >= 0.3 is 6.09 Å². The van der Waals surface area contributed by atoms with Gasteiger partial charge in [0.1, 0.15) is 12.3 Å². The van der Waals surface area contributed by atoms with Crippen molar-refractivity contribution >= 4 is 17.1 Å². The van der Waals surface area contributed by atoms with Crippen LogP contribution in [0.15, 0.2) is 35.1 Å². The molecule has 0 radical (unpaired) electrons. The van der Waals surface area contributed by atoms with Crippen LogP contribution in [0, 0.1) is 11.3 Å². The van der Waals surface area contributed by atoms with E-state index in [4.69, 9.17) is 15.1 Å². The maximum atomic E-state index is 13.0. The molecule has 5 rings (SSSR count). The van der Waals surface area contributed by atoms with Gasteiger partial charge in [-0.05, 0) is 49.7 Å². The second-order valence-corrected chi connectivity index (χ2v) is 8.75. The Labute approximate surface area is 191 Å². The van der Waals surface area contributed by atoms with Gasteiger partial charge in [-0.1, -0.05) is 30.3 Å². The highest BCUT2D eigenvalue weighted by atomic mass is 16.6. The summed E-state index contributed by atoms with van der Waals surface area (Å²) in [4.78, 5) is 30.6. The van der Waals surface area contributed by atoms with Crippen molar-refractivity contribution in [2.45, 2.75) is 64.1 Å². The zero-order valence-corrected chi connectivity index (χ0v) is 18.5. The highest BCUT2D eigenvalue weighted by molar-refractivity contribution is 5.85. The molecule has 3 heterocycles. The quantitative estimate of drug-likeness (QED) is 0.639. The minimum atomic E-state index is -0.348. The monoisotopic (exact) mass is 445 g/mol. The summed E-state index contributed by atoms with van der Waals surface area (Å²) in [5.74, 6) is 0. The molecule has 1 aromatic carbocycles. The van der Waals surface area contributed by atoms with Crippen molar-refractivity contribution < 1.29 is 9.53 Å². The summed E-state index contributed by atoms with van der Waals surface area (Å²) < 4.78 is 7.36. The van der Waals surface area contributed by atoms with E-state index in [9.17, 15) is 9.59 Å². The maximum Gasteiger partial charge on any atom is 0.410 e. The van der Waals surface area contributed by atoms with Gasteiger partial charge in [-0.25, -0.2) is 9.48 Å². The third-order valence-electron chi connectivity index (χ3n) is 6.70. The molecule has 1 fully saturated rings. The van der Waals surface area contributed by atoms with E-state index in [1.54, 1.807) is 9.58 Å². The zero-order chi connectivity index (χ0) is 22.8. The highest BCUT2D eigenvalue weighted by Crippen LogP contribution is 2.38. The fourth-order valence-corrected chi connectivity index (χ4v) is 5.14. The molecule has 1 saturated heterocycles. The fourth-order valence-electron chi connectivity index (χ4n) is 5.14. The Morgan fingerprint density at radius 1 is 1.18 bits per heavy atom. The first-order chi connectivity index (χ1) is 16.2. The van der Waals surface area contributed by atoms with E-state index in [0.29, 0.717) is 25.2 Å². The van der Waals surface area contributed by atoms with E-state index in [2.05, 4.69) is 11.1 Å². The Hall–Kier alpha value is -3.60. The lowest BCUT2D eigenvalue weighted by molar-refractivity contribution is 0.0915. The van der Waals surface area contributed by atoms with E-state index in [-0.39, 0.29) is 24.3 Å². The number of aromatic amines is 1. The van der Waals surface area contributed by atoms with Crippen LogP contribution in [0.2, 0.25) is 0 Å². The lowest BCUT2D eigenvalue weighted by atomic mass is 9.89. The molecule has 8 nitrogen and oxygen atoms in total. The summed E-state index contributed by atoms with van der Waals surface area (Å²) in [5.41, 5.74) is 4.25. The van der Waals surface area contributed by atoms with Gasteiger partial charge in [-0.15, -0.1) is 0 Å². The molecule has 33 heavy (non-hydrogen) atoms. The number of likely N-dealkylation sites (tertiary alicyclic amines) is 1. The van der Waals surface area contributed by atoms with Crippen LogP contribution in [0.4, 0.5) is 4.79 Å². The van der Waals surface area contributed by atoms with E-state index in [0.717, 1.165) is 66.3 Å². The van der Waals surface area contributed by atoms with Gasteiger partial charge in [0, 0.05) is 17.5 Å². The van der Waals surface area contributed by atoms with Crippen LogP contribution in [0.1, 0.15) is 60.5 Å². The number of benzene rings is 1. The number of rotatable bonds is 5. The Bertz CT molecular complexity index is 1270. The van der Waals surface area contributed by atoms with Crippen molar-refractivity contribution in [2.24, 2.45) is 0 Å². The summed E-state index contributed by atoms with van der Waals surface area (Å²) in [6.45, 7) is 1.23. The van der Waals surface area contributed by atoms with E-state index in [1.807, 2.05) is 30.3 Å². The molecule has 1 aliphatic carbocycles. The normalized spacial score (nSPS) is 17.7. The summed E-state index contributed by atoms with van der Waals surface area (Å²) in [5, 5.41) is 14.9. The average molecular weight is 446 g/mol. The molecule has 1 amide bonds. The lowest BCUT2D eigenvalue weighted by Crippen LogP contribution is -2.31. The molecule has 170 valence electrons. The number of carbonyl (C=O) groups excluding carboxylic acids is 1. The van der Waals surface area contributed by atoms with E-state index < -0.39 is 0 Å². The molecule has 3 aromatic rings. The Morgan fingerprint density at radius 3 is 2.76 bits per heavy atom. The number of carbonyl (C=O) groups is 1. The molecular weight excluding hydrogens is 418 g/mol. The maximum absolute atomic E-state index is 13.0. The van der Waals surface area contributed by atoms with Gasteiger partial charge in [0.05, 0.1) is 30.8 Å². The molecule has 0 unspecified atom stereocenters. The first-order valence-electron chi connectivity index (χ1n) is 11.7. The third-order valence-corrected chi connectivity index (χ3v) is 6.70. The van der Waals surface area contributed by atoms with Gasteiger partial charge in [-0.2, -0.15) is 10.4 Å². The number of nitrogens with one attached hydrogen (secondary N) is 1. The second-order valence-electron chi connectivity index (χ2n) is 8.75. The summed E-state index contributed by atoms with van der Waals surface area (Å²) >= 11 is 0. The molecule has 8 heteroatoms. The molecule has 2 aromatic heterocycles. The van der Waals surface area contributed by atoms with Crippen LogP contribution in [0.25, 0.3) is 11.0 Å². The molecule has 2 aliphatic rings. The van der Waals surface area contributed by atoms with Crippen LogP contribution < -0.4 is 5.56 Å². The van der Waals surface area contributed by atoms with Crippen molar-refractivity contribution in [3.8, 4) is 6.07 Å². The number of nitriles is 1. The highest BCUT2D eigenvalue weighted by Gasteiger charge is 2.36. The Balaban J connectivity index is 1.52. The number of nitrogens with zero attached hydrogens (tertiary/aromatic N) is 4. The third kappa shape index (κ3) is 3.99. The standard InChI is InChI=1S/C25H27N5O3/c26-13-7-15-30-23-21(18-10-4-5-11-19(18)24(31)27-23)22(28-30)20-12-6-14-29(20)25(32)33-16-17-8-2-1-3-9-17/h1-3,8-9,20H,4-7,10-12,14-16H2,(H,27,31)/t20-/m1/s1. The fraction of sp³-hybridized carbons (Fsp3) is 0.440. The van der Waals surface area contributed by atoms with Crippen LogP contribution in [0.3, 0.4) is 0 Å². The van der Waals surface area contributed by atoms with Crippen molar-refractivity contribution in [1.82, 2.24) is 19.7 Å². The molecule has 1 N–H and O–H groups in total. The lowest BCUT2D eigenvalue weighted by Gasteiger charge is -2.24. The van der Waals surface area contributed by atoms with Gasteiger partial charge in [0.25, 0.3) is 5.56 Å². The van der Waals surface area contributed by atoms with E-state index >= 15 is 0 Å². The summed E-state index contributed by atoms with van der Waals surface area (Å²) in [6, 6.07) is 11.6. The van der Waals surface area contributed by atoms with Crippen molar-refractivity contribution in [3.05, 3.63) is 63.1 Å². The van der Waals surface area contributed by atoms with Crippen LogP contribution in [-0.2, 0) is 30.7 Å². The summed E-state index contributed by atoms with van der Waals surface area (Å²) in [6.07, 6.45) is 5.22. The summed E-state index contributed by atoms with van der Waals surface area (Å²) in [7, 11) is 0. The largest absolute Gasteiger partial charge is 0.445 e. The number of hydrogen-bond acceptors (Lipinski definition) is 5. The topological polar surface area (TPSA) is 104 Å². The molecule has 0 spiro atoms. The van der Waals surface area contributed by atoms with Crippen molar-refractivity contribution in [2.75, 3.05) is 6.54 Å². The number of aryl methyl sites for hydroxylation is 2. The SMILES string of the molecule is N#CCCn1nc([C@H]2CCCN2C(=O)OCc2ccccc2)c2c3c(c(=O)[nH]c21)CCCC3. The molecular formula is C25H27N5O3. The van der Waals surface area contributed by atoms with E-state index in [1.165, 1.54) is 0 Å². The number of fused-ring (bicyclic) bond motifs is 3.